The lowest BCUT2D eigenvalue weighted by molar-refractivity contribution is -0.120. The molecule has 6 heteroatoms. The SMILES string of the molecule is Cc1nc2ccc(NCC(=O)N[C@@](C)(C#N)C3CC3)cc2s1. The Labute approximate surface area is 133 Å². The van der Waals surface area contributed by atoms with Gasteiger partial charge in [-0.2, -0.15) is 5.26 Å². The lowest BCUT2D eigenvalue weighted by Gasteiger charge is -2.23. The first kappa shape index (κ1) is 14.8. The van der Waals surface area contributed by atoms with Crippen molar-refractivity contribution in [1.29, 1.82) is 5.26 Å². The highest BCUT2D eigenvalue weighted by Gasteiger charge is 2.42. The fourth-order valence-corrected chi connectivity index (χ4v) is 3.41. The summed E-state index contributed by atoms with van der Waals surface area (Å²) in [5.74, 6) is 0.134. The van der Waals surface area contributed by atoms with Gasteiger partial charge in [0.1, 0.15) is 5.54 Å². The van der Waals surface area contributed by atoms with Crippen molar-refractivity contribution in [1.82, 2.24) is 10.3 Å². The number of fused-ring (bicyclic) bond motifs is 1. The van der Waals surface area contributed by atoms with Gasteiger partial charge in [-0.05, 0) is 50.8 Å². The molecule has 22 heavy (non-hydrogen) atoms. The molecule has 0 saturated heterocycles. The number of hydrogen-bond donors (Lipinski definition) is 2. The number of thiazole rings is 1. The van der Waals surface area contributed by atoms with Crippen molar-refractivity contribution < 1.29 is 4.79 Å². The second-order valence-corrected chi connectivity index (χ2v) is 7.14. The fourth-order valence-electron chi connectivity index (χ4n) is 2.55. The lowest BCUT2D eigenvalue weighted by Crippen LogP contribution is -2.48. The number of anilines is 1. The Morgan fingerprint density at radius 2 is 2.32 bits per heavy atom. The van der Waals surface area contributed by atoms with Crippen molar-refractivity contribution in [3.63, 3.8) is 0 Å². The van der Waals surface area contributed by atoms with Gasteiger partial charge in [-0.3, -0.25) is 4.79 Å². The number of hydrogen-bond acceptors (Lipinski definition) is 5. The van der Waals surface area contributed by atoms with Crippen LogP contribution in [0.25, 0.3) is 10.2 Å². The van der Waals surface area contributed by atoms with Crippen LogP contribution in [0.4, 0.5) is 5.69 Å². The number of nitriles is 1. The van der Waals surface area contributed by atoms with E-state index in [4.69, 9.17) is 0 Å². The minimum atomic E-state index is -0.739. The van der Waals surface area contributed by atoms with Gasteiger partial charge >= 0.3 is 0 Å². The smallest absolute Gasteiger partial charge is 0.240 e. The number of nitrogens with one attached hydrogen (secondary N) is 2. The molecule has 0 radical (unpaired) electrons. The van der Waals surface area contributed by atoms with Crippen molar-refractivity contribution in [2.75, 3.05) is 11.9 Å². The van der Waals surface area contributed by atoms with Gasteiger partial charge < -0.3 is 10.6 Å². The minimum Gasteiger partial charge on any atom is -0.376 e. The number of carbonyl (C=O) groups excluding carboxylic acids is 1. The highest BCUT2D eigenvalue weighted by Crippen LogP contribution is 2.39. The molecule has 1 aliphatic rings. The van der Waals surface area contributed by atoms with Crippen LogP contribution in [-0.4, -0.2) is 23.0 Å². The number of aromatic nitrogens is 1. The van der Waals surface area contributed by atoms with Crippen molar-refractivity contribution in [3.05, 3.63) is 23.2 Å². The summed E-state index contributed by atoms with van der Waals surface area (Å²) < 4.78 is 1.10. The lowest BCUT2D eigenvalue weighted by atomic mass is 9.98. The molecule has 1 heterocycles. The third-order valence-corrected chi connectivity index (χ3v) is 4.91. The number of amides is 1. The average molecular weight is 314 g/mol. The first-order chi connectivity index (χ1) is 10.5. The van der Waals surface area contributed by atoms with Crippen LogP contribution in [0.2, 0.25) is 0 Å². The molecule has 1 saturated carbocycles. The minimum absolute atomic E-state index is 0.156. The molecule has 0 spiro atoms. The molecule has 3 rings (SSSR count). The molecule has 1 amide bonds. The van der Waals surface area contributed by atoms with Crippen LogP contribution < -0.4 is 10.6 Å². The first-order valence-electron chi connectivity index (χ1n) is 7.33. The summed E-state index contributed by atoms with van der Waals surface area (Å²) in [6.45, 7) is 3.94. The largest absolute Gasteiger partial charge is 0.376 e. The highest BCUT2D eigenvalue weighted by molar-refractivity contribution is 7.18. The van der Waals surface area contributed by atoms with Crippen LogP contribution in [0.1, 0.15) is 24.8 Å². The van der Waals surface area contributed by atoms with Gasteiger partial charge in [-0.1, -0.05) is 0 Å². The van der Waals surface area contributed by atoms with Crippen molar-refractivity contribution in [2.24, 2.45) is 5.92 Å². The Hall–Kier alpha value is -2.13. The van der Waals surface area contributed by atoms with E-state index >= 15 is 0 Å². The molecule has 1 aliphatic carbocycles. The molecule has 0 unspecified atom stereocenters. The van der Waals surface area contributed by atoms with Gasteiger partial charge in [0.15, 0.2) is 0 Å². The first-order valence-corrected chi connectivity index (χ1v) is 8.15. The molecule has 2 N–H and O–H groups in total. The maximum absolute atomic E-state index is 12.1. The van der Waals surface area contributed by atoms with Crippen LogP contribution in [0.15, 0.2) is 18.2 Å². The van der Waals surface area contributed by atoms with Crippen LogP contribution in [0.5, 0.6) is 0 Å². The van der Waals surface area contributed by atoms with E-state index in [-0.39, 0.29) is 18.4 Å². The van der Waals surface area contributed by atoms with Gasteiger partial charge in [0.25, 0.3) is 0 Å². The molecule has 2 aromatic rings. The molecule has 114 valence electrons. The van der Waals surface area contributed by atoms with Gasteiger partial charge in [0, 0.05) is 5.69 Å². The number of nitrogens with zero attached hydrogens (tertiary/aromatic N) is 2. The summed E-state index contributed by atoms with van der Waals surface area (Å²) >= 11 is 1.63. The maximum atomic E-state index is 12.1. The monoisotopic (exact) mass is 314 g/mol. The van der Waals surface area contributed by atoms with E-state index in [9.17, 15) is 10.1 Å². The summed E-state index contributed by atoms with van der Waals surface area (Å²) in [7, 11) is 0. The average Bonchev–Trinajstić information content (AvgIpc) is 3.27. The Kier molecular flexibility index (Phi) is 3.75. The van der Waals surface area contributed by atoms with E-state index in [0.29, 0.717) is 0 Å². The van der Waals surface area contributed by atoms with E-state index in [2.05, 4.69) is 21.7 Å². The van der Waals surface area contributed by atoms with Crippen molar-refractivity contribution >= 4 is 33.1 Å². The maximum Gasteiger partial charge on any atom is 0.240 e. The van der Waals surface area contributed by atoms with Crippen molar-refractivity contribution in [3.8, 4) is 6.07 Å². The van der Waals surface area contributed by atoms with Crippen LogP contribution >= 0.6 is 11.3 Å². The van der Waals surface area contributed by atoms with E-state index in [1.165, 1.54) is 0 Å². The van der Waals surface area contributed by atoms with Crippen molar-refractivity contribution in [2.45, 2.75) is 32.2 Å². The predicted octanol–water partition coefficient (Wildman–Crippen LogP) is 2.83. The molecular formula is C16H18N4OS. The zero-order chi connectivity index (χ0) is 15.7. The molecular weight excluding hydrogens is 296 g/mol. The number of benzene rings is 1. The third-order valence-electron chi connectivity index (χ3n) is 3.97. The second-order valence-electron chi connectivity index (χ2n) is 5.91. The Morgan fingerprint density at radius 1 is 1.55 bits per heavy atom. The highest BCUT2D eigenvalue weighted by atomic mass is 32.1. The standard InChI is InChI=1S/C16H18N4OS/c1-10-19-13-6-5-12(7-14(13)22-10)18-8-15(21)20-16(2,9-17)11-3-4-11/h5-7,11,18H,3-4,8H2,1-2H3,(H,20,21)/t16-/m0/s1. The normalized spacial score (nSPS) is 16.8. The molecule has 1 aromatic heterocycles. The van der Waals surface area contributed by atoms with E-state index in [1.807, 2.05) is 25.1 Å². The molecule has 0 bridgehead atoms. The van der Waals surface area contributed by atoms with Gasteiger partial charge in [0.05, 0.1) is 27.8 Å². The Balaban J connectivity index is 1.61. The zero-order valence-electron chi connectivity index (χ0n) is 12.6. The summed E-state index contributed by atoms with van der Waals surface area (Å²) in [6, 6.07) is 8.09. The Morgan fingerprint density at radius 3 is 3.00 bits per heavy atom. The molecule has 5 nitrogen and oxygen atoms in total. The number of aryl methyl sites for hydroxylation is 1. The molecule has 1 aromatic carbocycles. The number of carbonyl (C=O) groups is 1. The molecule has 1 atom stereocenters. The third kappa shape index (κ3) is 3.04. The van der Waals surface area contributed by atoms with Crippen LogP contribution in [0.3, 0.4) is 0 Å². The summed E-state index contributed by atoms with van der Waals surface area (Å²) in [5.41, 5.74) is 1.12. The summed E-state index contributed by atoms with van der Waals surface area (Å²) in [6.07, 6.45) is 2.03. The molecule has 0 aliphatic heterocycles. The van der Waals surface area contributed by atoms with Gasteiger partial charge in [-0.25, -0.2) is 4.98 Å². The Bertz CT molecular complexity index is 759. The zero-order valence-corrected chi connectivity index (χ0v) is 13.5. The molecule has 1 fully saturated rings. The second kappa shape index (κ2) is 5.58. The predicted molar refractivity (Wildman–Crippen MR) is 87.7 cm³/mol. The number of rotatable bonds is 5. The van der Waals surface area contributed by atoms with Gasteiger partial charge in [-0.15, -0.1) is 11.3 Å². The van der Waals surface area contributed by atoms with E-state index in [1.54, 1.807) is 18.3 Å². The van der Waals surface area contributed by atoms with Gasteiger partial charge in [0.2, 0.25) is 5.91 Å². The fraction of sp³-hybridized carbons (Fsp3) is 0.438. The summed E-state index contributed by atoms with van der Waals surface area (Å²) in [5, 5.41) is 16.2. The summed E-state index contributed by atoms with van der Waals surface area (Å²) in [4.78, 5) is 16.5. The van der Waals surface area contributed by atoms with Crippen LogP contribution in [0, 0.1) is 24.2 Å². The topological polar surface area (TPSA) is 77.8 Å². The van der Waals surface area contributed by atoms with E-state index < -0.39 is 5.54 Å². The van der Waals surface area contributed by atoms with E-state index in [0.717, 1.165) is 33.8 Å². The van der Waals surface area contributed by atoms with Crippen LogP contribution in [-0.2, 0) is 4.79 Å². The quantitative estimate of drug-likeness (QED) is 0.889.